The van der Waals surface area contributed by atoms with Gasteiger partial charge in [-0.2, -0.15) is 0 Å². The van der Waals surface area contributed by atoms with Crippen molar-refractivity contribution in [3.63, 3.8) is 0 Å². The molecule has 0 bridgehead atoms. The third-order valence-electron chi connectivity index (χ3n) is 13.3. The highest BCUT2D eigenvalue weighted by Gasteiger charge is 2.53. The molecule has 0 aliphatic heterocycles. The fourth-order valence-corrected chi connectivity index (χ4v) is 17.3. The normalized spacial score (nSPS) is 16.7. The smallest absolute Gasteiger partial charge is 0.262 e. The van der Waals surface area contributed by atoms with E-state index in [-0.39, 0.29) is 26.3 Å². The third kappa shape index (κ3) is 12.0. The van der Waals surface area contributed by atoms with Gasteiger partial charge in [-0.3, -0.25) is 0 Å². The van der Waals surface area contributed by atoms with Gasteiger partial charge in [-0.05, 0) is 75.4 Å². The molecule has 0 aliphatic rings. The highest BCUT2D eigenvalue weighted by molar-refractivity contribution is 6.99. The minimum absolute atomic E-state index is 0.0229. The molecule has 3 aromatic carbocycles. The molecule has 0 aliphatic carbocycles. The Balaban J connectivity index is 2.38. The minimum atomic E-state index is -3.09. The van der Waals surface area contributed by atoms with Crippen molar-refractivity contribution < 1.29 is 22.5 Å². The summed E-state index contributed by atoms with van der Waals surface area (Å²) in [6.45, 7) is 41.7. The van der Waals surface area contributed by atoms with Gasteiger partial charge in [0.1, 0.15) is 6.29 Å². The van der Waals surface area contributed by atoms with E-state index in [1.165, 1.54) is 15.6 Å². The molecule has 0 radical (unpaired) electrons. The lowest BCUT2D eigenvalue weighted by atomic mass is 10.0. The van der Waals surface area contributed by atoms with Crippen LogP contribution in [0.1, 0.15) is 103 Å². The summed E-state index contributed by atoms with van der Waals surface area (Å²) in [5.74, 6) is 0. The summed E-state index contributed by atoms with van der Waals surface area (Å²) in [6, 6.07) is 32.5. The van der Waals surface area contributed by atoms with Crippen LogP contribution in [-0.2, 0) is 22.5 Å². The summed E-state index contributed by atoms with van der Waals surface area (Å²) >= 11 is 0. The van der Waals surface area contributed by atoms with E-state index in [1.54, 1.807) is 0 Å². The van der Waals surface area contributed by atoms with Crippen LogP contribution >= 0.6 is 0 Å². The molecule has 0 spiro atoms. The van der Waals surface area contributed by atoms with Crippen LogP contribution in [0, 0.1) is 0 Å². The first-order valence-electron chi connectivity index (χ1n) is 21.5. The monoisotopic (exact) mass is 861 g/mol. The van der Waals surface area contributed by atoms with Gasteiger partial charge in [0.05, 0.1) is 24.9 Å². The molecule has 0 N–H and O–H groups in total. The molecule has 0 heterocycles. The van der Waals surface area contributed by atoms with Gasteiger partial charge in [-0.15, -0.1) is 0 Å². The molecule has 5 nitrogen and oxygen atoms in total. The largest absolute Gasteiger partial charge is 0.413 e. The number of hydrogen-bond acceptors (Lipinski definition) is 5. The summed E-state index contributed by atoms with van der Waals surface area (Å²) in [5, 5.41) is 3.32. The molecule has 3 aromatic rings. The van der Waals surface area contributed by atoms with Crippen LogP contribution in [0.15, 0.2) is 103 Å². The fourth-order valence-electron chi connectivity index (χ4n) is 7.15. The SMILES string of the molecule is C/C(=C\[C@@H](O[Si](c1ccccc1)(c1ccccc1)C(C)(C)C)[C@@H](C[C@H](CC=O)O[Si](C)(C)C(C)(C)C)O[Si](C)(C)C(C)(C)C)CO[Si](C)(c1ccccc1)C(C)(C)C. The van der Waals surface area contributed by atoms with E-state index in [1.807, 2.05) is 0 Å². The maximum atomic E-state index is 12.5. The van der Waals surface area contributed by atoms with Gasteiger partial charge >= 0.3 is 0 Å². The highest BCUT2D eigenvalue weighted by Crippen LogP contribution is 2.43. The van der Waals surface area contributed by atoms with Gasteiger partial charge in [-0.25, -0.2) is 0 Å². The average Bonchev–Trinajstić information content (AvgIpc) is 3.11. The molecule has 0 fully saturated rings. The molecule has 0 saturated carbocycles. The van der Waals surface area contributed by atoms with Gasteiger partial charge in [0.25, 0.3) is 8.32 Å². The molecule has 1 unspecified atom stereocenters. The van der Waals surface area contributed by atoms with E-state index in [0.717, 1.165) is 11.9 Å². The Bertz CT molecular complexity index is 1710. The van der Waals surface area contributed by atoms with Crippen molar-refractivity contribution >= 4 is 55.1 Å². The molecular weight excluding hydrogens is 781 g/mol. The summed E-state index contributed by atoms with van der Waals surface area (Å²) in [6.07, 6.45) is 2.98. The van der Waals surface area contributed by atoms with Gasteiger partial charge < -0.3 is 22.5 Å². The van der Waals surface area contributed by atoms with E-state index in [2.05, 4.69) is 220 Å². The van der Waals surface area contributed by atoms with E-state index >= 15 is 0 Å². The van der Waals surface area contributed by atoms with Gasteiger partial charge in [0, 0.05) is 12.8 Å². The zero-order valence-corrected chi connectivity index (χ0v) is 43.7. The quantitative estimate of drug-likeness (QED) is 0.0724. The average molecular weight is 862 g/mol. The Morgan fingerprint density at radius 2 is 0.983 bits per heavy atom. The van der Waals surface area contributed by atoms with E-state index in [9.17, 15) is 4.79 Å². The Labute approximate surface area is 359 Å². The number of carbonyl (C=O) groups excluding carboxylic acids is 1. The van der Waals surface area contributed by atoms with Crippen LogP contribution in [0.3, 0.4) is 0 Å². The first-order chi connectivity index (χ1) is 26.5. The van der Waals surface area contributed by atoms with E-state index < -0.39 is 45.5 Å². The van der Waals surface area contributed by atoms with Crippen LogP contribution in [0.5, 0.6) is 0 Å². The van der Waals surface area contributed by atoms with Crippen molar-refractivity contribution in [3.8, 4) is 0 Å². The summed E-state index contributed by atoms with van der Waals surface area (Å²) < 4.78 is 30.1. The van der Waals surface area contributed by atoms with Crippen LogP contribution in [0.25, 0.3) is 0 Å². The molecule has 322 valence electrons. The van der Waals surface area contributed by atoms with Gasteiger partial charge in [0.15, 0.2) is 16.6 Å². The predicted octanol–water partition coefficient (Wildman–Crippen LogP) is 11.9. The van der Waals surface area contributed by atoms with Crippen LogP contribution in [0.4, 0.5) is 0 Å². The maximum Gasteiger partial charge on any atom is 0.262 e. The van der Waals surface area contributed by atoms with Gasteiger partial charge in [0.2, 0.25) is 8.32 Å². The number of benzene rings is 3. The number of aldehydes is 1. The molecular formula is C49H80O5Si4. The number of hydrogen-bond donors (Lipinski definition) is 0. The zero-order chi connectivity index (χ0) is 44.0. The Morgan fingerprint density at radius 3 is 1.36 bits per heavy atom. The summed E-state index contributed by atoms with van der Waals surface area (Å²) in [4.78, 5) is 12.5. The topological polar surface area (TPSA) is 54.0 Å². The van der Waals surface area contributed by atoms with Crippen molar-refractivity contribution in [1.29, 1.82) is 0 Å². The second kappa shape index (κ2) is 19.2. The highest BCUT2D eigenvalue weighted by atomic mass is 28.4. The molecule has 0 saturated heterocycles. The lowest BCUT2D eigenvalue weighted by molar-refractivity contribution is -0.109. The Morgan fingerprint density at radius 1 is 0.569 bits per heavy atom. The van der Waals surface area contributed by atoms with Crippen molar-refractivity contribution in [1.82, 2.24) is 0 Å². The Kier molecular flexibility index (Phi) is 16.6. The van der Waals surface area contributed by atoms with Crippen molar-refractivity contribution in [2.24, 2.45) is 0 Å². The van der Waals surface area contributed by atoms with Crippen molar-refractivity contribution in [2.45, 2.75) is 174 Å². The molecule has 0 amide bonds. The first kappa shape index (κ1) is 50.1. The van der Waals surface area contributed by atoms with Crippen LogP contribution in [0.2, 0.25) is 52.9 Å². The third-order valence-corrected chi connectivity index (χ3v) is 32.4. The second-order valence-electron chi connectivity index (χ2n) is 21.8. The van der Waals surface area contributed by atoms with Crippen molar-refractivity contribution in [2.75, 3.05) is 6.61 Å². The maximum absolute atomic E-state index is 12.5. The minimum Gasteiger partial charge on any atom is -0.413 e. The van der Waals surface area contributed by atoms with Crippen LogP contribution < -0.4 is 15.6 Å². The molecule has 9 heteroatoms. The standard InChI is InChI=1S/C49H80O5Si4/c1-39(38-51-57(18,48(8,9)10)41-28-22-19-23-29-41)36-44(54-58(49(11,12)13,42-30-24-20-25-31-42)43-32-26-21-27-33-43)45(53-56(16,17)47(5,6)7)37-40(34-35-50)52-55(14,15)46(2,3)4/h19-33,35-36,40,44-45H,34,37-38H2,1-18H3/b39-36+/t40-,44+,45+,57?/m0/s1. The fraction of sp³-hybridized carbons (Fsp3) is 0.571. The zero-order valence-electron chi connectivity index (χ0n) is 39.7. The van der Waals surface area contributed by atoms with Crippen LogP contribution in [-0.4, -0.2) is 64.5 Å². The van der Waals surface area contributed by atoms with E-state index in [4.69, 9.17) is 17.7 Å². The molecule has 3 rings (SSSR count). The molecule has 0 aromatic heterocycles. The number of rotatable bonds is 18. The lowest BCUT2D eigenvalue weighted by Crippen LogP contribution is -2.68. The number of carbonyl (C=O) groups is 1. The lowest BCUT2D eigenvalue weighted by Gasteiger charge is -2.48. The summed E-state index contributed by atoms with van der Waals surface area (Å²) in [7, 11) is -10.2. The second-order valence-corrected chi connectivity index (χ2v) is 39.9. The first-order valence-corrected chi connectivity index (χ1v) is 31.6. The molecule has 58 heavy (non-hydrogen) atoms. The van der Waals surface area contributed by atoms with Gasteiger partial charge in [-0.1, -0.05) is 186 Å². The Hall–Kier alpha value is -2.22. The molecule has 4 atom stereocenters. The summed E-state index contributed by atoms with van der Waals surface area (Å²) in [5.41, 5.74) is 1.10. The van der Waals surface area contributed by atoms with E-state index in [0.29, 0.717) is 19.4 Å². The van der Waals surface area contributed by atoms with Crippen molar-refractivity contribution in [3.05, 3.63) is 103 Å². The predicted molar refractivity (Wildman–Crippen MR) is 259 cm³/mol.